The Morgan fingerprint density at radius 2 is 2.25 bits per heavy atom. The van der Waals surface area contributed by atoms with Gasteiger partial charge in [0.1, 0.15) is 5.69 Å². The maximum atomic E-state index is 4.84. The van der Waals surface area contributed by atoms with Gasteiger partial charge in [0.25, 0.3) is 0 Å². The average molecular weight is 279 g/mol. The van der Waals surface area contributed by atoms with Crippen molar-refractivity contribution in [3.8, 4) is 16.9 Å². The number of rotatable bonds is 2. The maximum Gasteiger partial charge on any atom is 0.102 e. The molecule has 0 saturated heterocycles. The minimum Gasteiger partial charge on any atom is -0.264 e. The minimum absolute atomic E-state index is 1.02. The van der Waals surface area contributed by atoms with E-state index >= 15 is 0 Å². The monoisotopic (exact) mass is 279 g/mol. The molecule has 0 bridgehead atoms. The first-order valence-corrected chi connectivity index (χ1v) is 7.59. The van der Waals surface area contributed by atoms with Crippen LogP contribution in [0.25, 0.3) is 23.0 Å². The van der Waals surface area contributed by atoms with Crippen LogP contribution in [0.1, 0.15) is 17.7 Å². The molecule has 4 rings (SSSR count). The molecule has 0 saturated carbocycles. The molecule has 0 N–H and O–H groups in total. The van der Waals surface area contributed by atoms with Crippen LogP contribution in [0.3, 0.4) is 0 Å². The van der Waals surface area contributed by atoms with Gasteiger partial charge in [-0.25, -0.2) is 4.68 Å². The number of allylic oxidation sites excluding steroid dienone is 1. The van der Waals surface area contributed by atoms with Gasteiger partial charge in [-0.15, -0.1) is 0 Å². The van der Waals surface area contributed by atoms with E-state index in [2.05, 4.69) is 44.7 Å². The number of pyridine rings is 1. The van der Waals surface area contributed by atoms with E-state index in [1.165, 1.54) is 11.3 Å². The molecule has 0 radical (unpaired) electrons. The Bertz CT molecular complexity index is 755. The molecule has 3 nitrogen and oxygen atoms in total. The Hall–Kier alpha value is -2.20. The van der Waals surface area contributed by atoms with Gasteiger partial charge >= 0.3 is 0 Å². The summed E-state index contributed by atoms with van der Waals surface area (Å²) in [6.07, 6.45) is 10.2. The quantitative estimate of drug-likeness (QED) is 0.711. The second-order valence-corrected chi connectivity index (χ2v) is 5.57. The first kappa shape index (κ1) is 11.6. The van der Waals surface area contributed by atoms with E-state index in [-0.39, 0.29) is 0 Å². The molecule has 3 aromatic heterocycles. The second-order valence-electron chi connectivity index (χ2n) is 4.79. The summed E-state index contributed by atoms with van der Waals surface area (Å²) in [6, 6.07) is 6.14. The fourth-order valence-electron chi connectivity index (χ4n) is 2.61. The number of fused-ring (bicyclic) bond motifs is 1. The predicted molar refractivity (Wildman–Crippen MR) is 82.0 cm³/mol. The van der Waals surface area contributed by atoms with Crippen molar-refractivity contribution in [1.29, 1.82) is 0 Å². The largest absolute Gasteiger partial charge is 0.264 e. The smallest absolute Gasteiger partial charge is 0.102 e. The number of thiophene rings is 1. The molecule has 98 valence electrons. The summed E-state index contributed by atoms with van der Waals surface area (Å²) in [6.45, 7) is 0. The lowest BCUT2D eigenvalue weighted by molar-refractivity contribution is 0.793. The van der Waals surface area contributed by atoms with E-state index in [4.69, 9.17) is 5.10 Å². The van der Waals surface area contributed by atoms with Crippen LogP contribution < -0.4 is 0 Å². The van der Waals surface area contributed by atoms with Gasteiger partial charge < -0.3 is 0 Å². The summed E-state index contributed by atoms with van der Waals surface area (Å²) < 4.78 is 2.08. The van der Waals surface area contributed by atoms with Gasteiger partial charge in [0.15, 0.2) is 0 Å². The Labute approximate surface area is 121 Å². The van der Waals surface area contributed by atoms with Crippen LogP contribution in [0.5, 0.6) is 0 Å². The Morgan fingerprint density at radius 1 is 1.25 bits per heavy atom. The van der Waals surface area contributed by atoms with E-state index in [9.17, 15) is 0 Å². The van der Waals surface area contributed by atoms with Crippen molar-refractivity contribution in [3.63, 3.8) is 0 Å². The van der Waals surface area contributed by atoms with Gasteiger partial charge in [-0.05, 0) is 36.4 Å². The minimum atomic E-state index is 1.02. The van der Waals surface area contributed by atoms with Gasteiger partial charge in [0, 0.05) is 28.9 Å². The van der Waals surface area contributed by atoms with Crippen LogP contribution in [0.4, 0.5) is 0 Å². The number of aromatic nitrogens is 3. The zero-order valence-corrected chi connectivity index (χ0v) is 11.7. The summed E-state index contributed by atoms with van der Waals surface area (Å²) in [5.41, 5.74) is 5.77. The third kappa shape index (κ3) is 1.80. The second kappa shape index (κ2) is 4.72. The van der Waals surface area contributed by atoms with Gasteiger partial charge in [-0.3, -0.25) is 4.98 Å². The zero-order chi connectivity index (χ0) is 13.4. The number of hydrogen-bond donors (Lipinski definition) is 0. The average Bonchev–Trinajstić information content (AvgIpc) is 3.15. The van der Waals surface area contributed by atoms with Crippen molar-refractivity contribution in [1.82, 2.24) is 14.8 Å². The molecule has 4 heteroatoms. The van der Waals surface area contributed by atoms with E-state index in [1.54, 1.807) is 17.5 Å². The molecule has 0 spiro atoms. The topological polar surface area (TPSA) is 30.7 Å². The first-order chi connectivity index (χ1) is 9.93. The van der Waals surface area contributed by atoms with Crippen molar-refractivity contribution < 1.29 is 0 Å². The highest BCUT2D eigenvalue weighted by Crippen LogP contribution is 2.31. The maximum absolute atomic E-state index is 4.84. The molecule has 0 amide bonds. The Kier molecular flexibility index (Phi) is 2.74. The molecule has 0 unspecified atom stereocenters. The lowest BCUT2D eigenvalue weighted by atomic mass is 10.00. The normalized spacial score (nSPS) is 13.4. The Morgan fingerprint density at radius 3 is 3.05 bits per heavy atom. The molecule has 1 aliphatic rings. The van der Waals surface area contributed by atoms with Crippen LogP contribution in [0, 0.1) is 0 Å². The number of hydrogen-bond acceptors (Lipinski definition) is 3. The van der Waals surface area contributed by atoms with E-state index in [0.717, 1.165) is 29.8 Å². The first-order valence-electron chi connectivity index (χ1n) is 6.65. The summed E-state index contributed by atoms with van der Waals surface area (Å²) in [7, 11) is 0. The standard InChI is InChI=1S/C16H13N3S/c1-2-6-15-14(5-1)16(12-4-3-8-17-10-12)18-19(15)13-7-9-20-11-13/h1,3-5,7-11H,2,6H2. The summed E-state index contributed by atoms with van der Waals surface area (Å²) in [5, 5.41) is 9.06. The molecule has 0 fully saturated rings. The van der Waals surface area contributed by atoms with Crippen LogP contribution in [-0.2, 0) is 6.42 Å². The highest BCUT2D eigenvalue weighted by Gasteiger charge is 2.20. The Balaban J connectivity index is 1.95. The van der Waals surface area contributed by atoms with Crippen LogP contribution >= 0.6 is 11.3 Å². The van der Waals surface area contributed by atoms with E-state index in [0.29, 0.717) is 0 Å². The SMILES string of the molecule is C1=Cc2c(-c3cccnc3)nn(-c3ccsc3)c2CC1. The molecule has 0 atom stereocenters. The number of nitrogens with zero attached hydrogens (tertiary/aromatic N) is 3. The van der Waals surface area contributed by atoms with Gasteiger partial charge in [-0.2, -0.15) is 16.4 Å². The molecule has 0 aliphatic heterocycles. The fourth-order valence-corrected chi connectivity index (χ4v) is 3.22. The third-order valence-electron chi connectivity index (χ3n) is 3.54. The van der Waals surface area contributed by atoms with Gasteiger partial charge in [0.2, 0.25) is 0 Å². The molecule has 0 aromatic carbocycles. The molecule has 3 heterocycles. The molecular formula is C16H13N3S. The van der Waals surface area contributed by atoms with Crippen molar-refractivity contribution in [2.24, 2.45) is 0 Å². The molecule has 3 aromatic rings. The van der Waals surface area contributed by atoms with Crippen molar-refractivity contribution in [2.75, 3.05) is 0 Å². The highest BCUT2D eigenvalue weighted by atomic mass is 32.1. The highest BCUT2D eigenvalue weighted by molar-refractivity contribution is 7.08. The van der Waals surface area contributed by atoms with Crippen LogP contribution in [-0.4, -0.2) is 14.8 Å². The molecule has 20 heavy (non-hydrogen) atoms. The van der Waals surface area contributed by atoms with E-state index in [1.807, 2.05) is 12.3 Å². The van der Waals surface area contributed by atoms with Crippen molar-refractivity contribution >= 4 is 17.4 Å². The summed E-state index contributed by atoms with van der Waals surface area (Å²) in [5.74, 6) is 0. The fraction of sp³-hybridized carbons (Fsp3) is 0.125. The van der Waals surface area contributed by atoms with Gasteiger partial charge in [0.05, 0.1) is 11.4 Å². The van der Waals surface area contributed by atoms with Crippen molar-refractivity contribution in [2.45, 2.75) is 12.8 Å². The van der Waals surface area contributed by atoms with Crippen LogP contribution in [0.2, 0.25) is 0 Å². The third-order valence-corrected chi connectivity index (χ3v) is 4.21. The zero-order valence-electron chi connectivity index (χ0n) is 10.9. The lowest BCUT2D eigenvalue weighted by Gasteiger charge is -2.08. The molecule has 1 aliphatic carbocycles. The molecular weight excluding hydrogens is 266 g/mol. The van der Waals surface area contributed by atoms with Crippen molar-refractivity contribution in [3.05, 3.63) is 58.7 Å². The van der Waals surface area contributed by atoms with Crippen LogP contribution in [0.15, 0.2) is 47.4 Å². The van der Waals surface area contributed by atoms with Gasteiger partial charge in [-0.1, -0.05) is 12.2 Å². The summed E-state index contributed by atoms with van der Waals surface area (Å²) in [4.78, 5) is 4.21. The lowest BCUT2D eigenvalue weighted by Crippen LogP contribution is -2.03. The van der Waals surface area contributed by atoms with E-state index < -0.39 is 0 Å². The predicted octanol–water partition coefficient (Wildman–Crippen LogP) is 3.96. The summed E-state index contributed by atoms with van der Waals surface area (Å²) >= 11 is 1.70.